The molecule has 0 saturated heterocycles. The second-order valence-corrected chi connectivity index (χ2v) is 4.03. The molecule has 0 aliphatic carbocycles. The topological polar surface area (TPSA) is 47.0 Å². The average Bonchev–Trinajstić information content (AvgIpc) is 2.42. The highest BCUT2D eigenvalue weighted by molar-refractivity contribution is 5.37. The molecule has 4 heteroatoms. The molecule has 1 N–H and O–H groups in total. The molecule has 1 unspecified atom stereocenters. The van der Waals surface area contributed by atoms with Crippen LogP contribution in [-0.4, -0.2) is 24.1 Å². The standard InChI is InChI=1S/C14H17N3O/c1-10-6-4-5-7-11(10)12(15-2)13-14(18-3)17-9-8-16-13/h4-9,12,15H,1-3H3. The zero-order valence-corrected chi connectivity index (χ0v) is 10.8. The van der Waals surface area contributed by atoms with Crippen molar-refractivity contribution in [2.24, 2.45) is 0 Å². The van der Waals surface area contributed by atoms with Crippen molar-refractivity contribution >= 4 is 0 Å². The Morgan fingerprint density at radius 1 is 1.17 bits per heavy atom. The smallest absolute Gasteiger partial charge is 0.237 e. The first kappa shape index (κ1) is 12.5. The average molecular weight is 243 g/mol. The minimum atomic E-state index is -0.0187. The molecular weight excluding hydrogens is 226 g/mol. The Labute approximate surface area is 107 Å². The number of rotatable bonds is 4. The van der Waals surface area contributed by atoms with Crippen molar-refractivity contribution in [3.05, 3.63) is 53.5 Å². The van der Waals surface area contributed by atoms with Gasteiger partial charge in [0, 0.05) is 12.4 Å². The molecule has 0 bridgehead atoms. The van der Waals surface area contributed by atoms with Crippen LogP contribution in [0.5, 0.6) is 5.88 Å². The SMILES string of the molecule is CNC(c1ccccc1C)c1nccnc1OC. The first-order valence-corrected chi connectivity index (χ1v) is 5.85. The number of methoxy groups -OCH3 is 1. The van der Waals surface area contributed by atoms with E-state index in [2.05, 4.69) is 34.3 Å². The van der Waals surface area contributed by atoms with E-state index in [1.54, 1.807) is 19.5 Å². The van der Waals surface area contributed by atoms with Gasteiger partial charge in [-0.05, 0) is 25.1 Å². The van der Waals surface area contributed by atoms with E-state index in [9.17, 15) is 0 Å². The largest absolute Gasteiger partial charge is 0.480 e. The summed E-state index contributed by atoms with van der Waals surface area (Å²) in [5.41, 5.74) is 3.19. The van der Waals surface area contributed by atoms with Gasteiger partial charge in [0.05, 0.1) is 13.2 Å². The van der Waals surface area contributed by atoms with Crippen LogP contribution in [0.1, 0.15) is 22.9 Å². The van der Waals surface area contributed by atoms with Crippen LogP contribution in [0.2, 0.25) is 0 Å². The molecule has 94 valence electrons. The highest BCUT2D eigenvalue weighted by Crippen LogP contribution is 2.27. The van der Waals surface area contributed by atoms with Crippen molar-refractivity contribution in [2.75, 3.05) is 14.2 Å². The molecule has 0 saturated carbocycles. The van der Waals surface area contributed by atoms with Gasteiger partial charge in [-0.25, -0.2) is 4.98 Å². The lowest BCUT2D eigenvalue weighted by Gasteiger charge is -2.19. The van der Waals surface area contributed by atoms with Crippen LogP contribution in [0.25, 0.3) is 0 Å². The van der Waals surface area contributed by atoms with Crippen molar-refractivity contribution in [3.8, 4) is 5.88 Å². The second-order valence-electron chi connectivity index (χ2n) is 4.03. The third-order valence-corrected chi connectivity index (χ3v) is 2.95. The molecule has 18 heavy (non-hydrogen) atoms. The maximum atomic E-state index is 5.28. The fraction of sp³-hybridized carbons (Fsp3) is 0.286. The van der Waals surface area contributed by atoms with Gasteiger partial charge in [-0.1, -0.05) is 24.3 Å². The van der Waals surface area contributed by atoms with Crippen LogP contribution in [0.3, 0.4) is 0 Å². The summed E-state index contributed by atoms with van der Waals surface area (Å²) < 4.78 is 5.28. The van der Waals surface area contributed by atoms with Crippen LogP contribution >= 0.6 is 0 Å². The molecular formula is C14H17N3O. The Hall–Kier alpha value is -1.94. The molecule has 0 aliphatic heterocycles. The number of nitrogens with one attached hydrogen (secondary N) is 1. The predicted octanol–water partition coefficient (Wildman–Crippen LogP) is 2.10. The second kappa shape index (κ2) is 5.60. The van der Waals surface area contributed by atoms with Gasteiger partial charge in [0.15, 0.2) is 0 Å². The van der Waals surface area contributed by atoms with Gasteiger partial charge in [-0.2, -0.15) is 0 Å². The van der Waals surface area contributed by atoms with Crippen LogP contribution in [0, 0.1) is 6.92 Å². The molecule has 1 aromatic heterocycles. The summed E-state index contributed by atoms with van der Waals surface area (Å²) in [6.07, 6.45) is 3.31. The van der Waals surface area contributed by atoms with E-state index in [-0.39, 0.29) is 6.04 Å². The normalized spacial score (nSPS) is 12.2. The van der Waals surface area contributed by atoms with Gasteiger partial charge >= 0.3 is 0 Å². The quantitative estimate of drug-likeness (QED) is 0.893. The molecule has 0 spiro atoms. The van der Waals surface area contributed by atoms with Gasteiger partial charge in [-0.3, -0.25) is 4.98 Å². The van der Waals surface area contributed by atoms with Crippen molar-refractivity contribution in [3.63, 3.8) is 0 Å². The van der Waals surface area contributed by atoms with Crippen molar-refractivity contribution in [1.29, 1.82) is 0 Å². The van der Waals surface area contributed by atoms with E-state index in [1.807, 2.05) is 19.2 Å². The number of nitrogens with zero attached hydrogens (tertiary/aromatic N) is 2. The van der Waals surface area contributed by atoms with E-state index in [1.165, 1.54) is 11.1 Å². The highest BCUT2D eigenvalue weighted by Gasteiger charge is 2.19. The number of ether oxygens (including phenoxy) is 1. The summed E-state index contributed by atoms with van der Waals surface area (Å²) in [4.78, 5) is 8.58. The fourth-order valence-corrected chi connectivity index (χ4v) is 2.04. The van der Waals surface area contributed by atoms with E-state index in [0.717, 1.165) is 5.69 Å². The third kappa shape index (κ3) is 2.33. The van der Waals surface area contributed by atoms with Crippen molar-refractivity contribution in [1.82, 2.24) is 15.3 Å². The van der Waals surface area contributed by atoms with E-state index in [4.69, 9.17) is 4.74 Å². The lowest BCUT2D eigenvalue weighted by Crippen LogP contribution is -2.21. The van der Waals surface area contributed by atoms with E-state index < -0.39 is 0 Å². The third-order valence-electron chi connectivity index (χ3n) is 2.95. The Morgan fingerprint density at radius 2 is 1.89 bits per heavy atom. The number of hydrogen-bond acceptors (Lipinski definition) is 4. The molecule has 0 radical (unpaired) electrons. The number of hydrogen-bond donors (Lipinski definition) is 1. The van der Waals surface area contributed by atoms with Gasteiger partial charge in [0.25, 0.3) is 0 Å². The van der Waals surface area contributed by atoms with Gasteiger partial charge < -0.3 is 10.1 Å². The maximum absolute atomic E-state index is 5.28. The number of aromatic nitrogens is 2. The summed E-state index contributed by atoms with van der Waals surface area (Å²) in [6.45, 7) is 2.09. The number of aryl methyl sites for hydroxylation is 1. The summed E-state index contributed by atoms with van der Waals surface area (Å²) >= 11 is 0. The first-order valence-electron chi connectivity index (χ1n) is 5.85. The Kier molecular flexibility index (Phi) is 3.89. The molecule has 0 fully saturated rings. The summed E-state index contributed by atoms with van der Waals surface area (Å²) in [5, 5.41) is 3.27. The maximum Gasteiger partial charge on any atom is 0.237 e. The first-order chi connectivity index (χ1) is 8.77. The Morgan fingerprint density at radius 3 is 2.56 bits per heavy atom. The van der Waals surface area contributed by atoms with Gasteiger partial charge in [0.1, 0.15) is 5.69 Å². The zero-order chi connectivity index (χ0) is 13.0. The van der Waals surface area contributed by atoms with Crippen LogP contribution < -0.4 is 10.1 Å². The van der Waals surface area contributed by atoms with Crippen molar-refractivity contribution in [2.45, 2.75) is 13.0 Å². The summed E-state index contributed by atoms with van der Waals surface area (Å²) in [7, 11) is 3.52. The molecule has 4 nitrogen and oxygen atoms in total. The summed E-state index contributed by atoms with van der Waals surface area (Å²) in [5.74, 6) is 0.556. The zero-order valence-electron chi connectivity index (χ0n) is 10.8. The molecule has 1 heterocycles. The Bertz CT molecular complexity index is 528. The van der Waals surface area contributed by atoms with Crippen molar-refractivity contribution < 1.29 is 4.74 Å². The van der Waals surface area contributed by atoms with Gasteiger partial charge in [-0.15, -0.1) is 0 Å². The molecule has 0 aliphatic rings. The van der Waals surface area contributed by atoms with Crippen LogP contribution in [0.4, 0.5) is 0 Å². The van der Waals surface area contributed by atoms with Gasteiger partial charge in [0.2, 0.25) is 5.88 Å². The summed E-state index contributed by atoms with van der Waals surface area (Å²) in [6, 6.07) is 8.21. The molecule has 1 atom stereocenters. The van der Waals surface area contributed by atoms with E-state index >= 15 is 0 Å². The Balaban J connectivity index is 2.49. The minimum absolute atomic E-state index is 0.0187. The molecule has 0 amide bonds. The molecule has 2 aromatic rings. The lowest BCUT2D eigenvalue weighted by atomic mass is 9.99. The minimum Gasteiger partial charge on any atom is -0.480 e. The highest BCUT2D eigenvalue weighted by atomic mass is 16.5. The van der Waals surface area contributed by atoms with Crippen LogP contribution in [-0.2, 0) is 0 Å². The van der Waals surface area contributed by atoms with E-state index in [0.29, 0.717) is 5.88 Å². The monoisotopic (exact) mass is 243 g/mol. The van der Waals surface area contributed by atoms with Crippen LogP contribution in [0.15, 0.2) is 36.7 Å². The molecule has 2 rings (SSSR count). The number of benzene rings is 1. The molecule has 1 aromatic carbocycles. The fourth-order valence-electron chi connectivity index (χ4n) is 2.04. The predicted molar refractivity (Wildman–Crippen MR) is 70.7 cm³/mol. The lowest BCUT2D eigenvalue weighted by molar-refractivity contribution is 0.384.